The van der Waals surface area contributed by atoms with Crippen molar-refractivity contribution in [3.05, 3.63) is 59.9 Å². The van der Waals surface area contributed by atoms with E-state index in [4.69, 9.17) is 4.84 Å². The van der Waals surface area contributed by atoms with Crippen LogP contribution in [0.1, 0.15) is 29.0 Å². The molecule has 0 unspecified atom stereocenters. The zero-order valence-electron chi connectivity index (χ0n) is 15.0. The fraction of sp³-hybridized carbons (Fsp3) is 0.333. The summed E-state index contributed by atoms with van der Waals surface area (Å²) in [5.41, 5.74) is 0.183. The summed E-state index contributed by atoms with van der Waals surface area (Å²) in [6, 6.07) is 8.83. The number of hydrogen-bond donors (Lipinski definition) is 0. The van der Waals surface area contributed by atoms with Crippen LogP contribution in [0, 0.1) is 0 Å². The number of halogens is 6. The maximum absolute atomic E-state index is 12.6. The van der Waals surface area contributed by atoms with Crippen molar-refractivity contribution in [1.29, 1.82) is 0 Å². The average molecular weight is 422 g/mol. The first-order chi connectivity index (χ1) is 13.5. The van der Waals surface area contributed by atoms with E-state index in [9.17, 15) is 31.1 Å². The molecule has 2 aromatic rings. The SMILES string of the molecule is C[C@@H](c1ccc(OCC(F)(F)F)cn1)N(OCC(F)(F)F)C(=O)c1ccccc1. The van der Waals surface area contributed by atoms with E-state index in [1.807, 2.05) is 0 Å². The van der Waals surface area contributed by atoms with Crippen LogP contribution in [0.5, 0.6) is 5.75 Å². The van der Waals surface area contributed by atoms with Gasteiger partial charge >= 0.3 is 12.4 Å². The van der Waals surface area contributed by atoms with Crippen LogP contribution in [0.15, 0.2) is 48.7 Å². The van der Waals surface area contributed by atoms with Crippen LogP contribution in [-0.4, -0.2) is 41.5 Å². The van der Waals surface area contributed by atoms with Gasteiger partial charge < -0.3 is 4.74 Å². The van der Waals surface area contributed by atoms with Gasteiger partial charge in [0.05, 0.1) is 17.9 Å². The summed E-state index contributed by atoms with van der Waals surface area (Å²) in [7, 11) is 0. The normalized spacial score (nSPS) is 13.1. The summed E-state index contributed by atoms with van der Waals surface area (Å²) in [5.74, 6) is -1.02. The Balaban J connectivity index is 2.19. The maximum Gasteiger partial charge on any atom is 0.422 e. The third kappa shape index (κ3) is 7.26. The standard InChI is InChI=1S/C18H16F6N2O3/c1-12(15-8-7-14(9-25-15)28-10-17(19,20)21)26(29-11-18(22,23)24)16(27)13-5-3-2-4-6-13/h2-9,12H,10-11H2,1H3/t12-/m0/s1. The molecule has 1 amide bonds. The topological polar surface area (TPSA) is 51.7 Å². The molecule has 0 saturated heterocycles. The van der Waals surface area contributed by atoms with Crippen LogP contribution in [0.4, 0.5) is 26.3 Å². The highest BCUT2D eigenvalue weighted by Gasteiger charge is 2.33. The molecule has 0 fully saturated rings. The molecule has 0 bridgehead atoms. The predicted octanol–water partition coefficient (Wildman–Crippen LogP) is 4.72. The minimum atomic E-state index is -4.68. The number of pyridine rings is 1. The molecule has 2 rings (SSSR count). The van der Waals surface area contributed by atoms with Crippen molar-refractivity contribution in [3.8, 4) is 5.75 Å². The van der Waals surface area contributed by atoms with E-state index in [1.54, 1.807) is 6.07 Å². The zero-order valence-corrected chi connectivity index (χ0v) is 15.0. The number of benzene rings is 1. The molecule has 0 radical (unpaired) electrons. The molecular weight excluding hydrogens is 406 g/mol. The molecule has 1 atom stereocenters. The molecule has 29 heavy (non-hydrogen) atoms. The van der Waals surface area contributed by atoms with Crippen molar-refractivity contribution in [2.45, 2.75) is 25.3 Å². The van der Waals surface area contributed by atoms with Gasteiger partial charge in [0.2, 0.25) is 0 Å². The molecular formula is C18H16F6N2O3. The van der Waals surface area contributed by atoms with E-state index in [0.717, 1.165) is 6.20 Å². The molecule has 0 aliphatic rings. The van der Waals surface area contributed by atoms with Gasteiger partial charge in [-0.1, -0.05) is 18.2 Å². The number of nitrogens with zero attached hydrogens (tertiary/aromatic N) is 2. The zero-order chi connectivity index (χ0) is 21.7. The number of carbonyl (C=O) groups is 1. The second kappa shape index (κ2) is 9.12. The molecule has 158 valence electrons. The molecule has 11 heteroatoms. The highest BCUT2D eigenvalue weighted by molar-refractivity contribution is 5.93. The molecule has 1 heterocycles. The molecule has 5 nitrogen and oxygen atoms in total. The van der Waals surface area contributed by atoms with Crippen molar-refractivity contribution in [3.63, 3.8) is 0 Å². The van der Waals surface area contributed by atoms with Crippen LogP contribution in [0.2, 0.25) is 0 Å². The lowest BCUT2D eigenvalue weighted by atomic mass is 10.1. The van der Waals surface area contributed by atoms with Gasteiger partial charge in [-0.05, 0) is 31.2 Å². The first kappa shape index (κ1) is 22.5. The molecule has 0 N–H and O–H groups in total. The van der Waals surface area contributed by atoms with E-state index in [1.165, 1.54) is 43.3 Å². The lowest BCUT2D eigenvalue weighted by Gasteiger charge is -2.28. The van der Waals surface area contributed by atoms with Crippen molar-refractivity contribution < 1.29 is 40.7 Å². The van der Waals surface area contributed by atoms with Crippen LogP contribution in [0.3, 0.4) is 0 Å². The smallest absolute Gasteiger partial charge is 0.422 e. The molecule has 0 aliphatic carbocycles. The molecule has 0 spiro atoms. The number of alkyl halides is 6. The number of hydroxylamine groups is 2. The van der Waals surface area contributed by atoms with E-state index >= 15 is 0 Å². The monoisotopic (exact) mass is 422 g/mol. The van der Waals surface area contributed by atoms with Crippen LogP contribution in [-0.2, 0) is 4.84 Å². The van der Waals surface area contributed by atoms with Crippen LogP contribution in [0.25, 0.3) is 0 Å². The number of rotatable bonds is 7. The van der Waals surface area contributed by atoms with Gasteiger partial charge in [-0.3, -0.25) is 14.6 Å². The largest absolute Gasteiger partial charge is 0.483 e. The summed E-state index contributed by atoms with van der Waals surface area (Å²) < 4.78 is 78.9. The average Bonchev–Trinajstić information content (AvgIpc) is 2.66. The predicted molar refractivity (Wildman–Crippen MR) is 88.8 cm³/mol. The maximum atomic E-state index is 12.6. The van der Waals surface area contributed by atoms with Crippen molar-refractivity contribution in [1.82, 2.24) is 10.0 Å². The van der Waals surface area contributed by atoms with E-state index in [2.05, 4.69) is 9.72 Å². The summed E-state index contributed by atoms with van der Waals surface area (Å²) in [6.07, 6.45) is -8.24. The third-order valence-electron chi connectivity index (χ3n) is 3.53. The number of ether oxygens (including phenoxy) is 1. The van der Waals surface area contributed by atoms with Gasteiger partial charge in [0.1, 0.15) is 5.75 Å². The van der Waals surface area contributed by atoms with Crippen molar-refractivity contribution >= 4 is 5.91 Å². The second-order valence-electron chi connectivity index (χ2n) is 5.88. The summed E-state index contributed by atoms with van der Waals surface area (Å²) in [5, 5.41) is 0.529. The Labute approximate surface area is 161 Å². The third-order valence-corrected chi connectivity index (χ3v) is 3.53. The van der Waals surface area contributed by atoms with E-state index in [0.29, 0.717) is 5.06 Å². The van der Waals surface area contributed by atoms with E-state index in [-0.39, 0.29) is 17.0 Å². The number of hydrogen-bond acceptors (Lipinski definition) is 4. The van der Waals surface area contributed by atoms with Crippen molar-refractivity contribution in [2.75, 3.05) is 13.2 Å². The Morgan fingerprint density at radius 1 is 1.00 bits per heavy atom. The Morgan fingerprint density at radius 2 is 1.62 bits per heavy atom. The molecule has 0 saturated carbocycles. The first-order valence-electron chi connectivity index (χ1n) is 8.20. The van der Waals surface area contributed by atoms with Crippen LogP contribution >= 0.6 is 0 Å². The van der Waals surface area contributed by atoms with Gasteiger partial charge in [0, 0.05) is 5.56 Å². The minimum Gasteiger partial charge on any atom is -0.483 e. The summed E-state index contributed by atoms with van der Waals surface area (Å²) >= 11 is 0. The first-order valence-corrected chi connectivity index (χ1v) is 8.20. The van der Waals surface area contributed by atoms with Gasteiger partial charge in [-0.2, -0.15) is 26.3 Å². The highest BCUT2D eigenvalue weighted by atomic mass is 19.4. The van der Waals surface area contributed by atoms with Gasteiger partial charge in [-0.25, -0.2) is 5.06 Å². The lowest BCUT2D eigenvalue weighted by molar-refractivity contribution is -0.243. The highest BCUT2D eigenvalue weighted by Crippen LogP contribution is 2.26. The van der Waals surface area contributed by atoms with Gasteiger partial charge in [-0.15, -0.1) is 0 Å². The Morgan fingerprint density at radius 3 is 2.14 bits per heavy atom. The Hall–Kier alpha value is -2.82. The summed E-state index contributed by atoms with van der Waals surface area (Å²) in [6.45, 7) is -1.85. The lowest BCUT2D eigenvalue weighted by Crippen LogP contribution is -2.37. The number of amides is 1. The Bertz CT molecular complexity index is 794. The van der Waals surface area contributed by atoms with Crippen molar-refractivity contribution in [2.24, 2.45) is 0 Å². The number of carbonyl (C=O) groups excluding carboxylic acids is 1. The Kier molecular flexibility index (Phi) is 7.07. The quantitative estimate of drug-likeness (QED) is 0.479. The van der Waals surface area contributed by atoms with Gasteiger partial charge in [0.15, 0.2) is 13.2 Å². The molecule has 1 aromatic carbocycles. The molecule has 1 aromatic heterocycles. The van der Waals surface area contributed by atoms with E-state index < -0.39 is 37.5 Å². The summed E-state index contributed by atoms with van der Waals surface area (Å²) in [4.78, 5) is 21.2. The fourth-order valence-electron chi connectivity index (χ4n) is 2.21. The minimum absolute atomic E-state index is 0.0895. The fourth-order valence-corrected chi connectivity index (χ4v) is 2.21. The number of aromatic nitrogens is 1. The second-order valence-corrected chi connectivity index (χ2v) is 5.88. The van der Waals surface area contributed by atoms with Crippen LogP contribution < -0.4 is 4.74 Å². The molecule has 0 aliphatic heterocycles. The van der Waals surface area contributed by atoms with Gasteiger partial charge in [0.25, 0.3) is 5.91 Å².